The van der Waals surface area contributed by atoms with E-state index in [1.807, 2.05) is 12.3 Å². The Morgan fingerprint density at radius 1 is 1.15 bits per heavy atom. The molecule has 1 spiro atoms. The first-order valence-electron chi connectivity index (χ1n) is 9.82. The zero-order chi connectivity index (χ0) is 17.8. The molecule has 0 radical (unpaired) electrons. The van der Waals surface area contributed by atoms with Crippen LogP contribution in [0, 0.1) is 5.41 Å². The Bertz CT molecular complexity index is 793. The maximum Gasteiger partial charge on any atom is 0.227 e. The molecule has 3 aliphatic heterocycles. The van der Waals surface area contributed by atoms with Crippen molar-refractivity contribution in [3.05, 3.63) is 12.3 Å². The van der Waals surface area contributed by atoms with E-state index in [1.54, 1.807) is 0 Å². The Labute approximate surface area is 155 Å². The molecule has 8 heteroatoms. The van der Waals surface area contributed by atoms with E-state index in [-0.39, 0.29) is 23.6 Å². The van der Waals surface area contributed by atoms with Crippen molar-refractivity contribution in [3.63, 3.8) is 0 Å². The van der Waals surface area contributed by atoms with Gasteiger partial charge in [-0.1, -0.05) is 12.8 Å². The zero-order valence-electron chi connectivity index (χ0n) is 15.1. The number of piperazine rings is 1. The number of aromatic nitrogens is 2. The van der Waals surface area contributed by atoms with Crippen molar-refractivity contribution < 1.29 is 8.42 Å². The second kappa shape index (κ2) is 6.05. The second-order valence-electron chi connectivity index (χ2n) is 8.49. The molecule has 0 aromatic carbocycles. The van der Waals surface area contributed by atoms with Gasteiger partial charge in [-0.2, -0.15) is 4.98 Å². The molecule has 4 heterocycles. The molecule has 1 N–H and O–H groups in total. The van der Waals surface area contributed by atoms with Crippen molar-refractivity contribution in [1.82, 2.24) is 15.3 Å². The van der Waals surface area contributed by atoms with Gasteiger partial charge < -0.3 is 15.1 Å². The molecular formula is C18H27N5O2S. The monoisotopic (exact) mass is 377 g/mol. The van der Waals surface area contributed by atoms with E-state index in [2.05, 4.69) is 20.1 Å². The molecule has 0 bridgehead atoms. The summed E-state index contributed by atoms with van der Waals surface area (Å²) < 4.78 is 24.2. The molecule has 1 aromatic heterocycles. The van der Waals surface area contributed by atoms with Crippen LogP contribution in [0.5, 0.6) is 0 Å². The highest BCUT2D eigenvalue weighted by Crippen LogP contribution is 2.46. The van der Waals surface area contributed by atoms with E-state index in [9.17, 15) is 8.42 Å². The molecule has 4 fully saturated rings. The van der Waals surface area contributed by atoms with E-state index in [0.717, 1.165) is 37.9 Å². The van der Waals surface area contributed by atoms with Crippen LogP contribution in [0.4, 0.5) is 11.8 Å². The lowest BCUT2D eigenvalue weighted by molar-refractivity contribution is 0.340. The fraction of sp³-hybridized carbons (Fsp3) is 0.778. The summed E-state index contributed by atoms with van der Waals surface area (Å²) in [4.78, 5) is 13.9. The van der Waals surface area contributed by atoms with Gasteiger partial charge in [-0.05, 0) is 30.7 Å². The number of nitrogens with zero attached hydrogens (tertiary/aromatic N) is 4. The minimum absolute atomic E-state index is 0.0145. The topological polar surface area (TPSA) is 78.4 Å². The first-order valence-corrected chi connectivity index (χ1v) is 11.6. The van der Waals surface area contributed by atoms with Crippen molar-refractivity contribution in [3.8, 4) is 0 Å². The number of nitrogens with one attached hydrogen (secondary N) is 1. The van der Waals surface area contributed by atoms with Crippen molar-refractivity contribution in [2.24, 2.45) is 5.41 Å². The zero-order valence-corrected chi connectivity index (χ0v) is 15.9. The minimum atomic E-state index is -2.97. The van der Waals surface area contributed by atoms with Crippen molar-refractivity contribution in [2.45, 2.75) is 44.2 Å². The lowest BCUT2D eigenvalue weighted by Gasteiger charge is -2.38. The van der Waals surface area contributed by atoms with Crippen molar-refractivity contribution in [2.75, 3.05) is 47.5 Å². The summed E-state index contributed by atoms with van der Waals surface area (Å²) in [5, 5.41) is 3.36. The van der Waals surface area contributed by atoms with Gasteiger partial charge in [-0.3, -0.25) is 0 Å². The Morgan fingerprint density at radius 2 is 2.00 bits per heavy atom. The van der Waals surface area contributed by atoms with Crippen LogP contribution in [-0.4, -0.2) is 68.2 Å². The van der Waals surface area contributed by atoms with Crippen LogP contribution in [0.3, 0.4) is 0 Å². The summed E-state index contributed by atoms with van der Waals surface area (Å²) in [5.41, 5.74) is 0.485. The van der Waals surface area contributed by atoms with Gasteiger partial charge in [0.1, 0.15) is 5.82 Å². The Balaban J connectivity index is 1.38. The van der Waals surface area contributed by atoms with Crippen LogP contribution in [-0.2, 0) is 9.84 Å². The fourth-order valence-corrected chi connectivity index (χ4v) is 7.40. The standard InChI is InChI=1S/C18H27N5O2S/c24-26(25)11-14-15(12-26)23(10-8-19-14)16-3-7-20-17(21-16)22-9-6-18(13-22)4-1-2-5-18/h3,7,14-15,19H,1-2,4-6,8-13H2/t14-,15+/m1/s1. The first-order chi connectivity index (χ1) is 12.5. The summed E-state index contributed by atoms with van der Waals surface area (Å²) in [6.07, 6.45) is 8.46. The van der Waals surface area contributed by atoms with Gasteiger partial charge in [0.25, 0.3) is 0 Å². The van der Waals surface area contributed by atoms with Gasteiger partial charge in [-0.25, -0.2) is 13.4 Å². The van der Waals surface area contributed by atoms with Crippen molar-refractivity contribution in [1.29, 1.82) is 0 Å². The molecule has 0 unspecified atom stereocenters. The second-order valence-corrected chi connectivity index (χ2v) is 10.6. The summed E-state index contributed by atoms with van der Waals surface area (Å²) in [5.74, 6) is 2.13. The normalized spacial score (nSPS) is 32.3. The van der Waals surface area contributed by atoms with E-state index < -0.39 is 9.84 Å². The van der Waals surface area contributed by atoms with E-state index in [0.29, 0.717) is 5.41 Å². The van der Waals surface area contributed by atoms with Crippen LogP contribution in [0.1, 0.15) is 32.1 Å². The van der Waals surface area contributed by atoms with Gasteiger partial charge in [0, 0.05) is 38.4 Å². The van der Waals surface area contributed by atoms with Crippen LogP contribution in [0.2, 0.25) is 0 Å². The lowest BCUT2D eigenvalue weighted by Crippen LogP contribution is -2.57. The Hall–Kier alpha value is -1.41. The summed E-state index contributed by atoms with van der Waals surface area (Å²) >= 11 is 0. The SMILES string of the molecule is O=S1(=O)C[C@H]2NCCN(c3ccnc(N4CCC5(CCCC5)C4)n3)[C@H]2C1. The van der Waals surface area contributed by atoms with E-state index in [4.69, 9.17) is 4.98 Å². The number of sulfone groups is 1. The summed E-state index contributed by atoms with van der Waals surface area (Å²) in [7, 11) is -2.97. The van der Waals surface area contributed by atoms with Gasteiger partial charge in [0.2, 0.25) is 5.95 Å². The van der Waals surface area contributed by atoms with Gasteiger partial charge >= 0.3 is 0 Å². The third kappa shape index (κ3) is 2.87. The van der Waals surface area contributed by atoms with Gasteiger partial charge in [0.15, 0.2) is 9.84 Å². The third-order valence-corrected chi connectivity index (χ3v) is 8.51. The Kier molecular flexibility index (Phi) is 3.90. The molecule has 26 heavy (non-hydrogen) atoms. The maximum absolute atomic E-state index is 12.1. The van der Waals surface area contributed by atoms with Crippen molar-refractivity contribution >= 4 is 21.6 Å². The molecule has 1 saturated carbocycles. The molecular weight excluding hydrogens is 350 g/mol. The molecule has 142 valence electrons. The number of hydrogen-bond acceptors (Lipinski definition) is 7. The third-order valence-electron chi connectivity index (χ3n) is 6.79. The number of anilines is 2. The molecule has 0 amide bonds. The summed E-state index contributed by atoms with van der Waals surface area (Å²) in [6, 6.07) is 1.93. The summed E-state index contributed by atoms with van der Waals surface area (Å²) in [6.45, 7) is 3.68. The highest BCUT2D eigenvalue weighted by atomic mass is 32.2. The minimum Gasteiger partial charge on any atom is -0.350 e. The number of hydrogen-bond donors (Lipinski definition) is 1. The van der Waals surface area contributed by atoms with Gasteiger partial charge in [0.05, 0.1) is 17.5 Å². The maximum atomic E-state index is 12.1. The smallest absolute Gasteiger partial charge is 0.227 e. The average Bonchev–Trinajstić information content (AvgIpc) is 3.33. The number of fused-ring (bicyclic) bond motifs is 1. The molecule has 1 aromatic rings. The van der Waals surface area contributed by atoms with Crippen LogP contribution in [0.25, 0.3) is 0 Å². The highest BCUT2D eigenvalue weighted by molar-refractivity contribution is 7.91. The highest BCUT2D eigenvalue weighted by Gasteiger charge is 2.44. The first kappa shape index (κ1) is 16.7. The quantitative estimate of drug-likeness (QED) is 0.817. The predicted octanol–water partition coefficient (Wildman–Crippen LogP) is 0.822. The lowest BCUT2D eigenvalue weighted by atomic mass is 9.86. The molecule has 7 nitrogen and oxygen atoms in total. The largest absolute Gasteiger partial charge is 0.350 e. The van der Waals surface area contributed by atoms with Crippen LogP contribution in [0.15, 0.2) is 12.3 Å². The number of rotatable bonds is 2. The van der Waals surface area contributed by atoms with E-state index >= 15 is 0 Å². The fourth-order valence-electron chi connectivity index (χ4n) is 5.44. The molecule has 1 aliphatic carbocycles. The molecule has 4 aliphatic rings. The van der Waals surface area contributed by atoms with Gasteiger partial charge in [-0.15, -0.1) is 0 Å². The van der Waals surface area contributed by atoms with Crippen LogP contribution >= 0.6 is 0 Å². The Morgan fingerprint density at radius 3 is 2.85 bits per heavy atom. The molecule has 3 saturated heterocycles. The molecule has 5 rings (SSSR count). The molecule has 2 atom stereocenters. The predicted molar refractivity (Wildman–Crippen MR) is 101 cm³/mol. The van der Waals surface area contributed by atoms with Crippen LogP contribution < -0.4 is 15.1 Å². The van der Waals surface area contributed by atoms with E-state index in [1.165, 1.54) is 32.1 Å². The average molecular weight is 378 g/mol.